The van der Waals surface area contributed by atoms with Crippen molar-refractivity contribution in [1.82, 2.24) is 5.32 Å². The van der Waals surface area contributed by atoms with Crippen LogP contribution in [-0.4, -0.2) is 18.8 Å². The van der Waals surface area contributed by atoms with Gasteiger partial charge in [0.05, 0.1) is 0 Å². The molecule has 68 valence electrons. The second-order valence-corrected chi connectivity index (χ2v) is 2.19. The van der Waals surface area contributed by atoms with E-state index in [1.54, 1.807) is 0 Å². The van der Waals surface area contributed by atoms with Crippen molar-refractivity contribution in [3.05, 3.63) is 0 Å². The quantitative estimate of drug-likeness (QED) is 0.586. The minimum absolute atomic E-state index is 0.240. The topological polar surface area (TPSA) is 12.0 Å². The largest absolute Gasteiger partial charge is 0.403 e. The van der Waals surface area contributed by atoms with Crippen LogP contribution in [0.3, 0.4) is 0 Å². The summed E-state index contributed by atoms with van der Waals surface area (Å²) in [5.74, 6) is 0. The Labute approximate surface area is 65.0 Å². The normalized spacial score (nSPS) is 24.3. The lowest BCUT2D eigenvalue weighted by atomic mass is 10.2. The van der Waals surface area contributed by atoms with E-state index >= 15 is 0 Å². The lowest BCUT2D eigenvalue weighted by Gasteiger charge is -2.13. The first-order valence-electron chi connectivity index (χ1n) is 3.91. The molecule has 1 aliphatic heterocycles. The third-order valence-electron chi connectivity index (χ3n) is 1.46. The van der Waals surface area contributed by atoms with Crippen molar-refractivity contribution in [3.63, 3.8) is 0 Å². The zero-order chi connectivity index (χ0) is 8.91. The summed E-state index contributed by atoms with van der Waals surface area (Å²) in [6.45, 7) is 4.50. The fourth-order valence-corrected chi connectivity index (χ4v) is 0.964. The van der Waals surface area contributed by atoms with E-state index in [0.717, 1.165) is 0 Å². The predicted molar refractivity (Wildman–Crippen MR) is 38.4 cm³/mol. The van der Waals surface area contributed by atoms with E-state index < -0.39 is 12.2 Å². The third kappa shape index (κ3) is 3.60. The summed E-state index contributed by atoms with van der Waals surface area (Å²) in [7, 11) is 0. The van der Waals surface area contributed by atoms with E-state index in [9.17, 15) is 13.2 Å². The molecule has 0 aromatic heterocycles. The molecule has 1 aliphatic rings. The minimum Gasteiger partial charge on any atom is -0.306 e. The molecular weight excluding hydrogens is 155 g/mol. The molecule has 1 heterocycles. The Hall–Kier alpha value is -0.250. The summed E-state index contributed by atoms with van der Waals surface area (Å²) in [5.41, 5.74) is 0. The van der Waals surface area contributed by atoms with Crippen LogP contribution in [0.15, 0.2) is 0 Å². The van der Waals surface area contributed by atoms with Crippen LogP contribution < -0.4 is 5.32 Å². The molecule has 1 saturated heterocycles. The number of rotatable bonds is 0. The molecule has 0 bridgehead atoms. The first-order chi connectivity index (χ1) is 5.11. The van der Waals surface area contributed by atoms with Gasteiger partial charge >= 0.3 is 6.18 Å². The smallest absolute Gasteiger partial charge is 0.306 e. The maximum Gasteiger partial charge on any atom is 0.403 e. The lowest BCUT2D eigenvalue weighted by molar-refractivity contribution is -0.151. The van der Waals surface area contributed by atoms with Gasteiger partial charge in [0.15, 0.2) is 0 Å². The van der Waals surface area contributed by atoms with Crippen LogP contribution in [0.25, 0.3) is 0 Å². The number of hydrogen-bond donors (Lipinski definition) is 1. The van der Waals surface area contributed by atoms with E-state index in [1.165, 1.54) is 0 Å². The van der Waals surface area contributed by atoms with Crippen molar-refractivity contribution in [3.8, 4) is 0 Å². The molecule has 4 heteroatoms. The monoisotopic (exact) mass is 169 g/mol. The molecule has 0 aromatic carbocycles. The summed E-state index contributed by atoms with van der Waals surface area (Å²) in [4.78, 5) is 0. The van der Waals surface area contributed by atoms with Crippen LogP contribution in [0.5, 0.6) is 0 Å². The van der Waals surface area contributed by atoms with Gasteiger partial charge in [0.2, 0.25) is 0 Å². The number of hydrogen-bond acceptors (Lipinski definition) is 1. The molecule has 0 saturated carbocycles. The SMILES string of the molecule is CC.FC(F)(F)C1CCCN1. The second kappa shape index (κ2) is 4.59. The van der Waals surface area contributed by atoms with E-state index in [0.29, 0.717) is 13.0 Å². The summed E-state index contributed by atoms with van der Waals surface area (Å²) < 4.78 is 35.1. The number of alkyl halides is 3. The first kappa shape index (κ1) is 10.8. The molecule has 1 unspecified atom stereocenters. The van der Waals surface area contributed by atoms with Gasteiger partial charge in [-0.1, -0.05) is 13.8 Å². The van der Waals surface area contributed by atoms with Gasteiger partial charge in [0.25, 0.3) is 0 Å². The summed E-state index contributed by atoms with van der Waals surface area (Å²) in [6, 6.07) is -1.24. The summed E-state index contributed by atoms with van der Waals surface area (Å²) in [5, 5.41) is 2.37. The molecule has 1 rings (SSSR count). The zero-order valence-corrected chi connectivity index (χ0v) is 6.83. The Bertz CT molecular complexity index is 94.3. The maximum atomic E-state index is 11.7. The zero-order valence-electron chi connectivity index (χ0n) is 6.83. The highest BCUT2D eigenvalue weighted by atomic mass is 19.4. The van der Waals surface area contributed by atoms with Crippen molar-refractivity contribution < 1.29 is 13.2 Å². The van der Waals surface area contributed by atoms with Crippen molar-refractivity contribution in [2.75, 3.05) is 6.54 Å². The predicted octanol–water partition coefficient (Wildman–Crippen LogP) is 2.33. The van der Waals surface area contributed by atoms with Crippen molar-refractivity contribution >= 4 is 0 Å². The molecule has 0 aromatic rings. The number of halogens is 3. The molecule has 11 heavy (non-hydrogen) atoms. The molecule has 1 nitrogen and oxygen atoms in total. The van der Waals surface area contributed by atoms with Crippen LogP contribution in [0.4, 0.5) is 13.2 Å². The number of nitrogens with one attached hydrogen (secondary N) is 1. The highest BCUT2D eigenvalue weighted by molar-refractivity contribution is 4.80. The fraction of sp³-hybridized carbons (Fsp3) is 1.00. The van der Waals surface area contributed by atoms with E-state index in [1.807, 2.05) is 13.8 Å². The van der Waals surface area contributed by atoms with Crippen molar-refractivity contribution in [2.45, 2.75) is 38.9 Å². The highest BCUT2D eigenvalue weighted by Gasteiger charge is 2.40. The Morgan fingerprint density at radius 2 is 1.82 bits per heavy atom. The third-order valence-corrected chi connectivity index (χ3v) is 1.46. The van der Waals surface area contributed by atoms with Crippen LogP contribution >= 0.6 is 0 Å². The lowest BCUT2D eigenvalue weighted by Crippen LogP contribution is -2.36. The Kier molecular flexibility index (Phi) is 4.49. The van der Waals surface area contributed by atoms with Crippen molar-refractivity contribution in [2.24, 2.45) is 0 Å². The molecule has 0 aliphatic carbocycles. The average molecular weight is 169 g/mol. The minimum atomic E-state index is -4.03. The van der Waals surface area contributed by atoms with Gasteiger partial charge in [-0.05, 0) is 19.4 Å². The fourth-order valence-electron chi connectivity index (χ4n) is 0.964. The molecule has 0 amide bonds. The first-order valence-corrected chi connectivity index (χ1v) is 3.91. The van der Waals surface area contributed by atoms with Crippen LogP contribution in [-0.2, 0) is 0 Å². The van der Waals surface area contributed by atoms with Crippen LogP contribution in [0.2, 0.25) is 0 Å². The summed E-state index contributed by atoms with van der Waals surface area (Å²) >= 11 is 0. The van der Waals surface area contributed by atoms with E-state index in [-0.39, 0.29) is 6.42 Å². The van der Waals surface area contributed by atoms with Gasteiger partial charge in [-0.2, -0.15) is 13.2 Å². The van der Waals surface area contributed by atoms with Crippen molar-refractivity contribution in [1.29, 1.82) is 0 Å². The highest BCUT2D eigenvalue weighted by Crippen LogP contribution is 2.25. The standard InChI is InChI=1S/C5H8F3N.C2H6/c6-5(7,8)4-2-1-3-9-4;1-2/h4,9H,1-3H2;1-2H3. The molecule has 0 radical (unpaired) electrons. The molecule has 0 spiro atoms. The second-order valence-electron chi connectivity index (χ2n) is 2.19. The van der Waals surface area contributed by atoms with E-state index in [2.05, 4.69) is 5.32 Å². The molecule has 1 fully saturated rings. The van der Waals surface area contributed by atoms with Crippen LogP contribution in [0, 0.1) is 0 Å². The Morgan fingerprint density at radius 1 is 1.27 bits per heavy atom. The van der Waals surface area contributed by atoms with Gasteiger partial charge in [-0.15, -0.1) is 0 Å². The Morgan fingerprint density at radius 3 is 2.00 bits per heavy atom. The van der Waals surface area contributed by atoms with E-state index in [4.69, 9.17) is 0 Å². The van der Waals surface area contributed by atoms with Gasteiger partial charge in [0, 0.05) is 0 Å². The average Bonchev–Trinajstić information content (AvgIpc) is 2.40. The van der Waals surface area contributed by atoms with Gasteiger partial charge in [-0.3, -0.25) is 0 Å². The van der Waals surface area contributed by atoms with Gasteiger partial charge < -0.3 is 5.32 Å². The summed E-state index contributed by atoms with van der Waals surface area (Å²) in [6.07, 6.45) is -3.15. The molecule has 1 N–H and O–H groups in total. The maximum absolute atomic E-state index is 11.7. The Balaban J connectivity index is 0.000000461. The molecule has 1 atom stereocenters. The molecular formula is C7H14F3N. The van der Waals surface area contributed by atoms with Gasteiger partial charge in [0.1, 0.15) is 6.04 Å². The van der Waals surface area contributed by atoms with Gasteiger partial charge in [-0.25, -0.2) is 0 Å². The van der Waals surface area contributed by atoms with Crippen LogP contribution in [0.1, 0.15) is 26.7 Å².